The smallest absolute Gasteiger partial charge is 0.273 e. The van der Waals surface area contributed by atoms with Crippen LogP contribution in [-0.2, 0) is 4.79 Å². The van der Waals surface area contributed by atoms with Crippen LogP contribution in [0.1, 0.15) is 5.69 Å². The van der Waals surface area contributed by atoms with Crippen LogP contribution >= 0.6 is 0 Å². The van der Waals surface area contributed by atoms with Crippen molar-refractivity contribution in [3.8, 4) is 5.75 Å². The number of H-pyrrole nitrogens is 1. The number of hydrogen-bond acceptors (Lipinski definition) is 3. The van der Waals surface area contributed by atoms with E-state index in [-0.39, 0.29) is 5.91 Å². The Labute approximate surface area is 121 Å². The number of carbonyl (C=O) groups is 1. The second-order valence-electron chi connectivity index (χ2n) is 4.42. The summed E-state index contributed by atoms with van der Waals surface area (Å²) in [5.74, 6) is 1.03. The molecule has 2 aromatic rings. The Hall–Kier alpha value is -3.02. The predicted octanol–water partition coefficient (Wildman–Crippen LogP) is 1.77. The fourth-order valence-electron chi connectivity index (χ4n) is 1.96. The zero-order valence-electron chi connectivity index (χ0n) is 11.4. The molecule has 1 aliphatic rings. The highest BCUT2D eigenvalue weighted by Crippen LogP contribution is 2.19. The molecule has 6 nitrogen and oxygen atoms in total. The monoisotopic (exact) mass is 282 g/mol. The minimum atomic E-state index is -0.211. The first-order valence-corrected chi connectivity index (χ1v) is 6.41. The standard InChI is InChI=1S/C15H14N4O2/c1-21-12-6-4-10(5-7-12)17-14-13(15(20)19-18-14)9-11-3-2-8-16-11/h2-9,16H,1H3,(H,17,18)(H,19,20). The lowest BCUT2D eigenvalue weighted by molar-refractivity contribution is -0.116. The van der Waals surface area contributed by atoms with Gasteiger partial charge in [0.25, 0.3) is 5.91 Å². The first kappa shape index (κ1) is 13.0. The van der Waals surface area contributed by atoms with Crippen LogP contribution in [0, 0.1) is 0 Å². The molecule has 2 heterocycles. The van der Waals surface area contributed by atoms with Crippen molar-refractivity contribution in [1.29, 1.82) is 0 Å². The van der Waals surface area contributed by atoms with E-state index in [0.717, 1.165) is 17.1 Å². The van der Waals surface area contributed by atoms with E-state index in [1.54, 1.807) is 19.4 Å². The third-order valence-corrected chi connectivity index (χ3v) is 3.03. The van der Waals surface area contributed by atoms with Gasteiger partial charge in [0.05, 0.1) is 18.4 Å². The number of nitrogens with one attached hydrogen (secondary N) is 3. The minimum absolute atomic E-state index is 0.211. The molecule has 0 unspecified atom stereocenters. The molecule has 106 valence electrons. The predicted molar refractivity (Wildman–Crippen MR) is 80.1 cm³/mol. The van der Waals surface area contributed by atoms with Gasteiger partial charge in [-0.1, -0.05) is 0 Å². The van der Waals surface area contributed by atoms with E-state index in [2.05, 4.69) is 20.8 Å². The van der Waals surface area contributed by atoms with E-state index in [0.29, 0.717) is 11.4 Å². The van der Waals surface area contributed by atoms with Crippen LogP contribution in [0.25, 0.3) is 6.08 Å². The molecule has 0 atom stereocenters. The summed E-state index contributed by atoms with van der Waals surface area (Å²) in [6.45, 7) is 0. The fourth-order valence-corrected chi connectivity index (χ4v) is 1.96. The number of methoxy groups -OCH3 is 1. The third-order valence-electron chi connectivity index (χ3n) is 3.03. The molecular weight excluding hydrogens is 268 g/mol. The van der Waals surface area contributed by atoms with Crippen molar-refractivity contribution in [3.63, 3.8) is 0 Å². The molecule has 0 spiro atoms. The van der Waals surface area contributed by atoms with Crippen molar-refractivity contribution in [2.45, 2.75) is 0 Å². The van der Waals surface area contributed by atoms with Gasteiger partial charge in [0, 0.05) is 11.9 Å². The fraction of sp³-hybridized carbons (Fsp3) is 0.0667. The van der Waals surface area contributed by atoms with E-state index >= 15 is 0 Å². The van der Waals surface area contributed by atoms with Crippen LogP contribution in [0.2, 0.25) is 0 Å². The van der Waals surface area contributed by atoms with Crippen molar-refractivity contribution in [2.24, 2.45) is 4.99 Å². The number of amidine groups is 1. The second kappa shape index (κ2) is 5.54. The van der Waals surface area contributed by atoms with Crippen molar-refractivity contribution >= 4 is 23.5 Å². The zero-order valence-corrected chi connectivity index (χ0v) is 11.4. The number of hydrazine groups is 1. The van der Waals surface area contributed by atoms with Crippen molar-refractivity contribution < 1.29 is 9.53 Å². The Bertz CT molecular complexity index is 700. The maximum Gasteiger partial charge on any atom is 0.273 e. The van der Waals surface area contributed by atoms with Crippen LogP contribution in [0.3, 0.4) is 0 Å². The Morgan fingerprint density at radius 2 is 1.95 bits per heavy atom. The number of aliphatic imine (C=N–C) groups is 1. The summed E-state index contributed by atoms with van der Waals surface area (Å²) < 4.78 is 5.10. The number of ether oxygens (including phenoxy) is 1. The Balaban J connectivity index is 1.92. The lowest BCUT2D eigenvalue weighted by Gasteiger charge is -2.01. The maximum atomic E-state index is 11.8. The van der Waals surface area contributed by atoms with Crippen LogP contribution in [0.4, 0.5) is 5.69 Å². The summed E-state index contributed by atoms with van der Waals surface area (Å²) in [5, 5.41) is 0. The van der Waals surface area contributed by atoms with E-state index in [1.807, 2.05) is 36.4 Å². The molecule has 0 aliphatic carbocycles. The van der Waals surface area contributed by atoms with Gasteiger partial charge in [-0.25, -0.2) is 4.99 Å². The van der Waals surface area contributed by atoms with E-state index in [4.69, 9.17) is 4.74 Å². The highest BCUT2D eigenvalue weighted by atomic mass is 16.5. The molecule has 1 saturated heterocycles. The quantitative estimate of drug-likeness (QED) is 0.751. The molecule has 1 aromatic heterocycles. The number of amides is 1. The maximum absolute atomic E-state index is 11.8. The summed E-state index contributed by atoms with van der Waals surface area (Å²) in [6.07, 6.45) is 3.55. The van der Waals surface area contributed by atoms with E-state index in [9.17, 15) is 4.79 Å². The number of carbonyl (C=O) groups excluding carboxylic acids is 1. The third kappa shape index (κ3) is 2.79. The summed E-state index contributed by atoms with van der Waals surface area (Å²) in [5.41, 5.74) is 7.38. The van der Waals surface area contributed by atoms with Crippen LogP contribution in [-0.4, -0.2) is 23.8 Å². The van der Waals surface area contributed by atoms with Gasteiger partial charge in [-0.15, -0.1) is 0 Å². The summed E-state index contributed by atoms with van der Waals surface area (Å²) in [6, 6.07) is 11.0. The molecule has 6 heteroatoms. The van der Waals surface area contributed by atoms with Gasteiger partial charge in [0.2, 0.25) is 0 Å². The molecule has 1 fully saturated rings. The number of benzene rings is 1. The number of aromatic amines is 1. The largest absolute Gasteiger partial charge is 0.497 e. The molecule has 1 amide bonds. The second-order valence-corrected chi connectivity index (χ2v) is 4.42. The van der Waals surface area contributed by atoms with Crippen LogP contribution < -0.4 is 15.6 Å². The van der Waals surface area contributed by atoms with Gasteiger partial charge in [-0.3, -0.25) is 15.6 Å². The van der Waals surface area contributed by atoms with Crippen molar-refractivity contribution in [1.82, 2.24) is 15.8 Å². The Morgan fingerprint density at radius 3 is 2.62 bits per heavy atom. The van der Waals surface area contributed by atoms with Gasteiger partial charge < -0.3 is 9.72 Å². The van der Waals surface area contributed by atoms with Crippen LogP contribution in [0.15, 0.2) is 53.2 Å². The molecule has 21 heavy (non-hydrogen) atoms. The lowest BCUT2D eigenvalue weighted by atomic mass is 10.2. The summed E-state index contributed by atoms with van der Waals surface area (Å²) in [4.78, 5) is 19.3. The first-order chi connectivity index (χ1) is 10.3. The minimum Gasteiger partial charge on any atom is -0.497 e. The average Bonchev–Trinajstić information content (AvgIpc) is 3.13. The number of nitrogens with zero attached hydrogens (tertiary/aromatic N) is 1. The van der Waals surface area contributed by atoms with Gasteiger partial charge >= 0.3 is 0 Å². The van der Waals surface area contributed by atoms with E-state index < -0.39 is 0 Å². The molecule has 0 bridgehead atoms. The number of aromatic nitrogens is 1. The topological polar surface area (TPSA) is 78.5 Å². The molecule has 3 N–H and O–H groups in total. The lowest BCUT2D eigenvalue weighted by Crippen LogP contribution is -2.28. The Kier molecular flexibility index (Phi) is 3.42. The number of rotatable bonds is 3. The highest BCUT2D eigenvalue weighted by molar-refractivity contribution is 6.27. The van der Waals surface area contributed by atoms with Gasteiger partial charge in [0.1, 0.15) is 5.75 Å². The van der Waals surface area contributed by atoms with Gasteiger partial charge in [0.15, 0.2) is 5.84 Å². The molecule has 0 saturated carbocycles. The molecule has 3 rings (SSSR count). The highest BCUT2D eigenvalue weighted by Gasteiger charge is 2.23. The van der Waals surface area contributed by atoms with Crippen LogP contribution in [0.5, 0.6) is 5.75 Å². The SMILES string of the molecule is COc1ccc(N=C2NNC(=O)C2=Cc2ccc[nH]2)cc1. The summed E-state index contributed by atoms with van der Waals surface area (Å²) in [7, 11) is 1.61. The van der Waals surface area contributed by atoms with Crippen molar-refractivity contribution in [2.75, 3.05) is 7.11 Å². The molecular formula is C15H14N4O2. The zero-order chi connectivity index (χ0) is 14.7. The first-order valence-electron chi connectivity index (χ1n) is 6.41. The van der Waals surface area contributed by atoms with Gasteiger partial charge in [-0.2, -0.15) is 0 Å². The molecule has 1 aromatic carbocycles. The van der Waals surface area contributed by atoms with Gasteiger partial charge in [-0.05, 0) is 42.5 Å². The molecule has 1 aliphatic heterocycles. The Morgan fingerprint density at radius 1 is 1.14 bits per heavy atom. The summed E-state index contributed by atoms with van der Waals surface area (Å²) >= 11 is 0. The average molecular weight is 282 g/mol. The van der Waals surface area contributed by atoms with Crippen molar-refractivity contribution in [3.05, 3.63) is 53.9 Å². The molecule has 0 radical (unpaired) electrons. The van der Waals surface area contributed by atoms with E-state index in [1.165, 1.54) is 0 Å². The normalized spacial score (nSPS) is 17.9. The number of hydrogen-bond donors (Lipinski definition) is 3.